The molecule has 0 saturated heterocycles. The lowest BCUT2D eigenvalue weighted by Crippen LogP contribution is -2.22. The smallest absolute Gasteiger partial charge is 0.128 e. The molecule has 3 heteroatoms. The number of halogens is 1. The molecule has 0 radical (unpaired) electrons. The quantitative estimate of drug-likeness (QED) is 0.560. The first-order valence-electron chi connectivity index (χ1n) is 6.56. The summed E-state index contributed by atoms with van der Waals surface area (Å²) in [5.74, 6) is 3.63. The van der Waals surface area contributed by atoms with Crippen LogP contribution < -0.4 is 4.74 Å². The summed E-state index contributed by atoms with van der Waals surface area (Å²) >= 11 is 3.46. The summed E-state index contributed by atoms with van der Waals surface area (Å²) < 4.78 is 6.59. The Kier molecular flexibility index (Phi) is 6.11. The van der Waals surface area contributed by atoms with Crippen molar-refractivity contribution in [2.24, 2.45) is 4.99 Å². The lowest BCUT2D eigenvalue weighted by molar-refractivity contribution is 0.339. The molecule has 0 aliphatic heterocycles. The maximum absolute atomic E-state index is 5.62. The molecule has 0 aliphatic rings. The molecule has 0 spiro atoms. The van der Waals surface area contributed by atoms with Crippen LogP contribution in [0.25, 0.3) is 0 Å². The van der Waals surface area contributed by atoms with Crippen LogP contribution in [0.3, 0.4) is 0 Å². The zero-order valence-corrected chi connectivity index (χ0v) is 13.3. The SMILES string of the molecule is C#CC(CC)(CC)N=Cc1cc(Br)ccc1OCC. The fourth-order valence-corrected chi connectivity index (χ4v) is 2.15. The molecule has 0 aromatic heterocycles. The summed E-state index contributed by atoms with van der Waals surface area (Å²) in [5.41, 5.74) is 0.531. The van der Waals surface area contributed by atoms with E-state index in [1.807, 2.05) is 31.3 Å². The van der Waals surface area contributed by atoms with Gasteiger partial charge in [-0.3, -0.25) is 4.99 Å². The van der Waals surface area contributed by atoms with Crippen molar-refractivity contribution in [2.75, 3.05) is 6.61 Å². The minimum absolute atomic E-state index is 0.411. The summed E-state index contributed by atoms with van der Waals surface area (Å²) in [6, 6.07) is 5.88. The lowest BCUT2D eigenvalue weighted by atomic mass is 9.95. The van der Waals surface area contributed by atoms with Gasteiger partial charge in [0.15, 0.2) is 0 Å². The summed E-state index contributed by atoms with van der Waals surface area (Å²) in [5, 5.41) is 0. The van der Waals surface area contributed by atoms with E-state index in [0.717, 1.165) is 28.6 Å². The van der Waals surface area contributed by atoms with Gasteiger partial charge in [0.1, 0.15) is 11.3 Å². The van der Waals surface area contributed by atoms with Crippen LogP contribution in [0, 0.1) is 12.3 Å². The molecule has 0 N–H and O–H groups in total. The fraction of sp³-hybridized carbons (Fsp3) is 0.438. The standard InChI is InChI=1S/C16H20BrNO/c1-5-16(6-2,7-3)18-12-13-11-14(17)9-10-15(13)19-8-4/h1,9-12H,6-8H2,2-4H3. The Labute approximate surface area is 124 Å². The number of rotatable bonds is 6. The van der Waals surface area contributed by atoms with Crippen molar-refractivity contribution in [3.05, 3.63) is 28.2 Å². The van der Waals surface area contributed by atoms with E-state index in [1.54, 1.807) is 0 Å². The average Bonchev–Trinajstić information content (AvgIpc) is 2.44. The van der Waals surface area contributed by atoms with Crippen LogP contribution in [0.4, 0.5) is 0 Å². The largest absolute Gasteiger partial charge is 0.493 e. The van der Waals surface area contributed by atoms with Gasteiger partial charge >= 0.3 is 0 Å². The van der Waals surface area contributed by atoms with Crippen LogP contribution in [0.2, 0.25) is 0 Å². The fourth-order valence-electron chi connectivity index (χ4n) is 1.77. The van der Waals surface area contributed by atoms with Crippen LogP contribution in [-0.4, -0.2) is 18.4 Å². The van der Waals surface area contributed by atoms with E-state index in [0.29, 0.717) is 6.61 Å². The van der Waals surface area contributed by atoms with E-state index >= 15 is 0 Å². The van der Waals surface area contributed by atoms with E-state index < -0.39 is 5.54 Å². The van der Waals surface area contributed by atoms with Gasteiger partial charge in [-0.15, -0.1) is 6.42 Å². The predicted octanol–water partition coefficient (Wildman–Crippen LogP) is 4.46. The molecule has 0 fully saturated rings. The lowest BCUT2D eigenvalue weighted by Gasteiger charge is -2.20. The predicted molar refractivity (Wildman–Crippen MR) is 85.1 cm³/mol. The normalized spacial score (nSPS) is 11.5. The van der Waals surface area contributed by atoms with Crippen molar-refractivity contribution in [3.8, 4) is 18.1 Å². The van der Waals surface area contributed by atoms with Crippen LogP contribution in [0.15, 0.2) is 27.7 Å². The molecular formula is C16H20BrNO. The highest BCUT2D eigenvalue weighted by atomic mass is 79.9. The molecule has 1 aromatic rings. The highest BCUT2D eigenvalue weighted by Gasteiger charge is 2.20. The summed E-state index contributed by atoms with van der Waals surface area (Å²) in [6.45, 7) is 6.72. The zero-order valence-electron chi connectivity index (χ0n) is 11.7. The molecule has 2 nitrogen and oxygen atoms in total. The minimum Gasteiger partial charge on any atom is -0.493 e. The maximum atomic E-state index is 5.62. The first-order chi connectivity index (χ1) is 9.10. The molecule has 102 valence electrons. The third kappa shape index (κ3) is 4.11. The molecule has 1 aromatic carbocycles. The second kappa shape index (κ2) is 7.35. The molecule has 0 amide bonds. The first kappa shape index (κ1) is 15.8. The second-order valence-corrected chi connectivity index (χ2v) is 5.17. The van der Waals surface area contributed by atoms with E-state index in [9.17, 15) is 0 Å². The van der Waals surface area contributed by atoms with E-state index in [1.165, 1.54) is 0 Å². The Morgan fingerprint density at radius 2 is 2.05 bits per heavy atom. The van der Waals surface area contributed by atoms with Crippen LogP contribution >= 0.6 is 15.9 Å². The summed E-state index contributed by atoms with van der Waals surface area (Å²) in [7, 11) is 0. The molecule has 0 saturated carbocycles. The van der Waals surface area contributed by atoms with Crippen LogP contribution in [0.1, 0.15) is 39.2 Å². The summed E-state index contributed by atoms with van der Waals surface area (Å²) in [6.07, 6.45) is 9.09. The van der Waals surface area contributed by atoms with Gasteiger partial charge in [-0.05, 0) is 38.0 Å². The average molecular weight is 322 g/mol. The van der Waals surface area contributed by atoms with Gasteiger partial charge in [-0.2, -0.15) is 0 Å². The number of nitrogens with zero attached hydrogens (tertiary/aromatic N) is 1. The third-order valence-electron chi connectivity index (χ3n) is 3.16. The monoisotopic (exact) mass is 321 g/mol. The van der Waals surface area contributed by atoms with Crippen molar-refractivity contribution in [2.45, 2.75) is 39.2 Å². The minimum atomic E-state index is -0.411. The second-order valence-electron chi connectivity index (χ2n) is 4.26. The number of terminal acetylenes is 1. The van der Waals surface area contributed by atoms with Gasteiger partial charge in [0.05, 0.1) is 6.61 Å². The number of hydrogen-bond donors (Lipinski definition) is 0. The van der Waals surface area contributed by atoms with Crippen molar-refractivity contribution in [1.82, 2.24) is 0 Å². The summed E-state index contributed by atoms with van der Waals surface area (Å²) in [4.78, 5) is 4.60. The highest BCUT2D eigenvalue weighted by molar-refractivity contribution is 9.10. The van der Waals surface area contributed by atoms with E-state index in [-0.39, 0.29) is 0 Å². The first-order valence-corrected chi connectivity index (χ1v) is 7.35. The van der Waals surface area contributed by atoms with Gasteiger partial charge in [0.25, 0.3) is 0 Å². The number of ether oxygens (including phenoxy) is 1. The van der Waals surface area contributed by atoms with Crippen molar-refractivity contribution < 1.29 is 4.74 Å². The van der Waals surface area contributed by atoms with Gasteiger partial charge in [0.2, 0.25) is 0 Å². The molecule has 19 heavy (non-hydrogen) atoms. The topological polar surface area (TPSA) is 21.6 Å². The molecule has 0 heterocycles. The van der Waals surface area contributed by atoms with Gasteiger partial charge < -0.3 is 4.74 Å². The highest BCUT2D eigenvalue weighted by Crippen LogP contribution is 2.24. The number of aliphatic imine (C=N–C) groups is 1. The molecular weight excluding hydrogens is 302 g/mol. The van der Waals surface area contributed by atoms with Crippen LogP contribution in [0.5, 0.6) is 5.75 Å². The Hall–Kier alpha value is -1.27. The molecule has 0 aliphatic carbocycles. The van der Waals surface area contributed by atoms with Crippen molar-refractivity contribution >= 4 is 22.1 Å². The Bertz CT molecular complexity index is 484. The van der Waals surface area contributed by atoms with Crippen molar-refractivity contribution in [1.29, 1.82) is 0 Å². The Balaban J connectivity index is 3.10. The maximum Gasteiger partial charge on any atom is 0.128 e. The van der Waals surface area contributed by atoms with E-state index in [2.05, 4.69) is 40.7 Å². The number of hydrogen-bond acceptors (Lipinski definition) is 2. The van der Waals surface area contributed by atoms with E-state index in [4.69, 9.17) is 11.2 Å². The Morgan fingerprint density at radius 3 is 2.58 bits per heavy atom. The molecule has 0 atom stereocenters. The third-order valence-corrected chi connectivity index (χ3v) is 3.65. The Morgan fingerprint density at radius 1 is 1.37 bits per heavy atom. The van der Waals surface area contributed by atoms with Crippen LogP contribution in [-0.2, 0) is 0 Å². The van der Waals surface area contributed by atoms with Crippen molar-refractivity contribution in [3.63, 3.8) is 0 Å². The zero-order chi connectivity index (χ0) is 14.3. The van der Waals surface area contributed by atoms with Gasteiger partial charge in [-0.1, -0.05) is 35.7 Å². The molecule has 0 unspecified atom stereocenters. The molecule has 1 rings (SSSR count). The number of benzene rings is 1. The molecule has 0 bridgehead atoms. The van der Waals surface area contributed by atoms with Gasteiger partial charge in [0, 0.05) is 16.3 Å². The van der Waals surface area contributed by atoms with Gasteiger partial charge in [-0.25, -0.2) is 0 Å².